The zero-order valence-electron chi connectivity index (χ0n) is 15.7. The van der Waals surface area contributed by atoms with E-state index in [4.69, 9.17) is 0 Å². The summed E-state index contributed by atoms with van der Waals surface area (Å²) in [5.41, 5.74) is 2.16. The summed E-state index contributed by atoms with van der Waals surface area (Å²) in [5.74, 6) is 0. The first-order valence-electron chi connectivity index (χ1n) is 8.44. The smallest absolute Gasteiger partial charge is 0.236 e. The molecule has 0 aliphatic heterocycles. The second-order valence-corrected chi connectivity index (χ2v) is 10.3. The lowest BCUT2D eigenvalue weighted by Crippen LogP contribution is -2.26. The highest BCUT2D eigenvalue weighted by Crippen LogP contribution is 2.26. The highest BCUT2D eigenvalue weighted by molar-refractivity contribution is 7.89. The molecular formula is C18H22N4O4S2. The number of nitrogens with zero attached hydrogens (tertiary/aromatic N) is 4. The normalized spacial score (nSPS) is 12.8. The van der Waals surface area contributed by atoms with Crippen LogP contribution in [-0.2, 0) is 26.6 Å². The molecule has 0 aromatic carbocycles. The second kappa shape index (κ2) is 7.19. The summed E-state index contributed by atoms with van der Waals surface area (Å²) in [6, 6.07) is 4.86. The van der Waals surface area contributed by atoms with Gasteiger partial charge in [0.25, 0.3) is 0 Å². The van der Waals surface area contributed by atoms with E-state index in [1.807, 2.05) is 4.90 Å². The molecular weight excluding hydrogens is 400 g/mol. The molecule has 0 N–H and O–H groups in total. The zero-order chi connectivity index (χ0) is 20.7. The third-order valence-corrected chi connectivity index (χ3v) is 6.40. The first-order chi connectivity index (χ1) is 13.1. The van der Waals surface area contributed by atoms with Gasteiger partial charge in [0.05, 0.1) is 40.3 Å². The number of hydrogen-bond acceptors (Lipinski definition) is 6. The Morgan fingerprint density at radius 1 is 1.00 bits per heavy atom. The van der Waals surface area contributed by atoms with Gasteiger partial charge >= 0.3 is 0 Å². The topological polar surface area (TPSA) is 94.3 Å². The van der Waals surface area contributed by atoms with Crippen LogP contribution in [-0.4, -0.2) is 60.3 Å². The van der Waals surface area contributed by atoms with Gasteiger partial charge in [0, 0.05) is 25.8 Å². The molecule has 0 aliphatic rings. The molecule has 0 saturated carbocycles. The van der Waals surface area contributed by atoms with Crippen LogP contribution in [0.1, 0.15) is 5.69 Å². The quantitative estimate of drug-likeness (QED) is 0.514. The zero-order valence-corrected chi connectivity index (χ0v) is 17.4. The van der Waals surface area contributed by atoms with E-state index in [-0.39, 0.29) is 0 Å². The third-order valence-electron chi connectivity index (χ3n) is 4.28. The van der Waals surface area contributed by atoms with Gasteiger partial charge in [-0.3, -0.25) is 4.90 Å². The fourth-order valence-corrected chi connectivity index (χ4v) is 5.09. The minimum atomic E-state index is -3.65. The van der Waals surface area contributed by atoms with Crippen molar-refractivity contribution in [2.24, 2.45) is 0 Å². The highest BCUT2D eigenvalue weighted by atomic mass is 32.2. The Morgan fingerprint density at radius 2 is 1.64 bits per heavy atom. The second-order valence-electron chi connectivity index (χ2n) is 6.61. The van der Waals surface area contributed by atoms with Crippen LogP contribution in [0.5, 0.6) is 0 Å². The Balaban J connectivity index is 2.28. The molecule has 0 unspecified atom stereocenters. The van der Waals surface area contributed by atoms with E-state index in [1.165, 1.54) is 10.2 Å². The van der Waals surface area contributed by atoms with Gasteiger partial charge in [0.15, 0.2) is 0 Å². The van der Waals surface area contributed by atoms with Crippen LogP contribution in [0.4, 0.5) is 0 Å². The maximum absolute atomic E-state index is 12.5. The fraction of sp³-hybridized carbons (Fsp3) is 0.278. The molecule has 3 aromatic rings. The molecule has 0 saturated heterocycles. The molecule has 3 rings (SSSR count). The van der Waals surface area contributed by atoms with Crippen LogP contribution in [0.3, 0.4) is 0 Å². The lowest BCUT2D eigenvalue weighted by atomic mass is 10.3. The number of aromatic nitrogens is 3. The molecule has 3 heterocycles. The number of rotatable bonds is 8. The molecule has 3 aromatic heterocycles. The molecule has 0 fully saturated rings. The molecule has 8 nitrogen and oxygen atoms in total. The van der Waals surface area contributed by atoms with Crippen LogP contribution in [0, 0.1) is 0 Å². The minimum absolute atomic E-state index is 0.332. The summed E-state index contributed by atoms with van der Waals surface area (Å²) in [6.45, 7) is 8.92. The number of fused-ring (bicyclic) bond motifs is 2. The Kier molecular flexibility index (Phi) is 5.22. The average Bonchev–Trinajstić information content (AvgIpc) is 3.12. The molecule has 0 radical (unpaired) electrons. The van der Waals surface area contributed by atoms with E-state index in [0.29, 0.717) is 47.4 Å². The van der Waals surface area contributed by atoms with Gasteiger partial charge in [-0.05, 0) is 18.2 Å². The van der Waals surface area contributed by atoms with Crippen molar-refractivity contribution in [1.82, 2.24) is 17.8 Å². The summed E-state index contributed by atoms with van der Waals surface area (Å²) in [7, 11) is -7.20. The SMILES string of the molecule is C=CCN(CC=C)Cc1cc2nc3ccn(S(C)(=O)=O)c3cc2n1S(C)(=O)=O. The summed E-state index contributed by atoms with van der Waals surface area (Å²) < 4.78 is 51.4. The lowest BCUT2D eigenvalue weighted by molar-refractivity contribution is 0.323. The van der Waals surface area contributed by atoms with Crippen molar-refractivity contribution in [3.8, 4) is 0 Å². The van der Waals surface area contributed by atoms with Gasteiger partial charge in [-0.15, -0.1) is 13.2 Å². The van der Waals surface area contributed by atoms with E-state index in [9.17, 15) is 16.8 Å². The highest BCUT2D eigenvalue weighted by Gasteiger charge is 2.21. The number of pyridine rings is 1. The van der Waals surface area contributed by atoms with Gasteiger partial charge in [0.1, 0.15) is 0 Å². The monoisotopic (exact) mass is 422 g/mol. The van der Waals surface area contributed by atoms with Gasteiger partial charge in [-0.25, -0.2) is 29.8 Å². The molecule has 0 bridgehead atoms. The van der Waals surface area contributed by atoms with Crippen molar-refractivity contribution in [1.29, 1.82) is 0 Å². The molecule has 28 heavy (non-hydrogen) atoms. The van der Waals surface area contributed by atoms with Crippen molar-refractivity contribution < 1.29 is 16.8 Å². The average molecular weight is 423 g/mol. The molecule has 0 amide bonds. The summed E-state index contributed by atoms with van der Waals surface area (Å²) in [5, 5.41) is 0. The van der Waals surface area contributed by atoms with E-state index in [2.05, 4.69) is 18.1 Å². The van der Waals surface area contributed by atoms with E-state index >= 15 is 0 Å². The molecule has 0 aliphatic carbocycles. The molecule has 0 spiro atoms. The lowest BCUT2D eigenvalue weighted by Gasteiger charge is -2.19. The van der Waals surface area contributed by atoms with E-state index in [0.717, 1.165) is 16.5 Å². The third kappa shape index (κ3) is 3.75. The minimum Gasteiger partial charge on any atom is -0.290 e. The van der Waals surface area contributed by atoms with Crippen molar-refractivity contribution in [3.05, 3.63) is 55.4 Å². The van der Waals surface area contributed by atoms with Crippen molar-refractivity contribution in [2.45, 2.75) is 6.54 Å². The van der Waals surface area contributed by atoms with Crippen LogP contribution in [0.15, 0.2) is 49.7 Å². The summed E-state index contributed by atoms with van der Waals surface area (Å²) in [6.07, 6.45) is 7.08. The predicted octanol–water partition coefficient (Wildman–Crippen LogP) is 1.78. The Bertz CT molecular complexity index is 1270. The number of hydrogen-bond donors (Lipinski definition) is 0. The van der Waals surface area contributed by atoms with Crippen molar-refractivity contribution in [2.75, 3.05) is 25.6 Å². The largest absolute Gasteiger partial charge is 0.290 e. The van der Waals surface area contributed by atoms with Gasteiger partial charge in [0.2, 0.25) is 20.0 Å². The Morgan fingerprint density at radius 3 is 2.18 bits per heavy atom. The summed E-state index contributed by atoms with van der Waals surface area (Å²) in [4.78, 5) is 6.46. The first kappa shape index (κ1) is 20.3. The maximum Gasteiger partial charge on any atom is 0.236 e. The van der Waals surface area contributed by atoms with Crippen LogP contribution < -0.4 is 0 Å². The molecule has 0 atom stereocenters. The van der Waals surface area contributed by atoms with Crippen molar-refractivity contribution in [3.63, 3.8) is 0 Å². The fourth-order valence-electron chi connectivity index (χ4n) is 3.27. The molecule has 10 heteroatoms. The van der Waals surface area contributed by atoms with Gasteiger partial charge < -0.3 is 0 Å². The standard InChI is InChI=1S/C18H22N4O4S2/c1-5-8-20(9-6-2)13-14-11-16-18(22(14)28(4,25)26)12-17-15(19-16)7-10-21(17)27(3,23)24/h5-7,10-12H,1-2,8-9,13H2,3-4H3. The van der Waals surface area contributed by atoms with Crippen LogP contribution in [0.2, 0.25) is 0 Å². The van der Waals surface area contributed by atoms with E-state index in [1.54, 1.807) is 30.4 Å². The van der Waals surface area contributed by atoms with E-state index < -0.39 is 20.0 Å². The predicted molar refractivity (Wildman–Crippen MR) is 111 cm³/mol. The Labute approximate surface area is 164 Å². The maximum atomic E-state index is 12.5. The molecule has 150 valence electrons. The van der Waals surface area contributed by atoms with Crippen molar-refractivity contribution >= 4 is 42.1 Å². The van der Waals surface area contributed by atoms with Gasteiger partial charge in [-0.2, -0.15) is 0 Å². The first-order valence-corrected chi connectivity index (χ1v) is 12.1. The van der Waals surface area contributed by atoms with Crippen LogP contribution in [0.25, 0.3) is 22.1 Å². The summed E-state index contributed by atoms with van der Waals surface area (Å²) >= 11 is 0. The Hall–Kier alpha value is -2.43. The van der Waals surface area contributed by atoms with Gasteiger partial charge in [-0.1, -0.05) is 12.2 Å². The van der Waals surface area contributed by atoms with Crippen LogP contribution >= 0.6 is 0 Å².